The van der Waals surface area contributed by atoms with Crippen LogP contribution >= 0.6 is 0 Å². The molecule has 0 aliphatic rings. The van der Waals surface area contributed by atoms with E-state index in [0.717, 1.165) is 0 Å². The van der Waals surface area contributed by atoms with Crippen LogP contribution in [-0.2, 0) is 9.59 Å². The van der Waals surface area contributed by atoms with Crippen molar-refractivity contribution in [2.45, 2.75) is 6.92 Å². The molecule has 0 saturated heterocycles. The Balaban J connectivity index is 1.91. The number of rotatable bonds is 6. The Morgan fingerprint density at radius 1 is 1.15 bits per heavy atom. The Kier molecular flexibility index (Phi) is 6.10. The van der Waals surface area contributed by atoms with E-state index in [4.69, 9.17) is 0 Å². The van der Waals surface area contributed by atoms with Crippen LogP contribution in [0.4, 0.5) is 15.8 Å². The number of hydrogen-bond acceptors (Lipinski definition) is 5. The molecule has 2 aromatic rings. The topological polar surface area (TPSA) is 114 Å². The van der Waals surface area contributed by atoms with Gasteiger partial charge in [0, 0.05) is 12.1 Å². The first-order chi connectivity index (χ1) is 12.4. The second-order valence-corrected chi connectivity index (χ2v) is 5.27. The summed E-state index contributed by atoms with van der Waals surface area (Å²) >= 11 is 0. The first kappa shape index (κ1) is 18.7. The number of para-hydroxylation sites is 1. The quantitative estimate of drug-likeness (QED) is 0.357. The Bertz CT molecular complexity index is 852. The minimum atomic E-state index is -1.11. The normalized spacial score (nSPS) is 11.8. The van der Waals surface area contributed by atoms with E-state index in [0.29, 0.717) is 5.56 Å². The van der Waals surface area contributed by atoms with Gasteiger partial charge in [-0.25, -0.2) is 9.82 Å². The fourth-order valence-electron chi connectivity index (χ4n) is 1.87. The highest BCUT2D eigenvalue weighted by Crippen LogP contribution is 2.14. The van der Waals surface area contributed by atoms with Crippen molar-refractivity contribution in [3.8, 4) is 0 Å². The van der Waals surface area contributed by atoms with Gasteiger partial charge in [0.05, 0.1) is 16.8 Å². The summed E-state index contributed by atoms with van der Waals surface area (Å²) in [6.07, 6.45) is 1.28. The van der Waals surface area contributed by atoms with Gasteiger partial charge in [-0.05, 0) is 36.8 Å². The Morgan fingerprint density at radius 3 is 2.42 bits per heavy atom. The molecule has 8 nitrogen and oxygen atoms in total. The van der Waals surface area contributed by atoms with Gasteiger partial charge >= 0.3 is 0 Å². The highest BCUT2D eigenvalue weighted by Gasteiger charge is 2.22. The molecular formula is C17H15FN4O4. The Labute approximate surface area is 147 Å². The zero-order chi connectivity index (χ0) is 19.1. The van der Waals surface area contributed by atoms with Crippen LogP contribution in [0.2, 0.25) is 0 Å². The fourth-order valence-corrected chi connectivity index (χ4v) is 1.87. The maximum absolute atomic E-state index is 13.5. The lowest BCUT2D eigenvalue weighted by molar-refractivity contribution is -0.384. The molecule has 2 aromatic carbocycles. The van der Waals surface area contributed by atoms with Gasteiger partial charge in [-0.2, -0.15) is 5.10 Å². The molecule has 0 aliphatic carbocycles. The van der Waals surface area contributed by atoms with Gasteiger partial charge in [0.2, 0.25) is 5.91 Å². The van der Waals surface area contributed by atoms with Crippen molar-refractivity contribution < 1.29 is 18.9 Å². The van der Waals surface area contributed by atoms with Crippen LogP contribution in [0, 0.1) is 21.8 Å². The SMILES string of the molecule is CC(C(=O)NN=Cc1ccc([N+](=O)[O-])cc1)C(=O)Nc1ccccc1F. The van der Waals surface area contributed by atoms with E-state index < -0.39 is 28.5 Å². The average molecular weight is 358 g/mol. The highest BCUT2D eigenvalue weighted by atomic mass is 19.1. The number of hydrazone groups is 1. The molecule has 9 heteroatoms. The molecule has 0 heterocycles. The minimum Gasteiger partial charge on any atom is -0.323 e. The molecule has 0 aromatic heterocycles. The summed E-state index contributed by atoms with van der Waals surface area (Å²) in [5.74, 6) is -3.08. The van der Waals surface area contributed by atoms with Gasteiger partial charge < -0.3 is 5.32 Å². The van der Waals surface area contributed by atoms with Crippen molar-refractivity contribution in [3.05, 3.63) is 70.0 Å². The number of anilines is 1. The monoisotopic (exact) mass is 358 g/mol. The van der Waals surface area contributed by atoms with E-state index >= 15 is 0 Å². The summed E-state index contributed by atoms with van der Waals surface area (Å²) in [4.78, 5) is 33.9. The van der Waals surface area contributed by atoms with Crippen LogP contribution in [0.3, 0.4) is 0 Å². The molecule has 0 spiro atoms. The number of nitrogens with one attached hydrogen (secondary N) is 2. The largest absolute Gasteiger partial charge is 0.323 e. The van der Waals surface area contributed by atoms with Gasteiger partial charge in [-0.1, -0.05) is 12.1 Å². The first-order valence-electron chi connectivity index (χ1n) is 7.51. The lowest BCUT2D eigenvalue weighted by Crippen LogP contribution is -2.34. The molecule has 0 aliphatic heterocycles. The summed E-state index contributed by atoms with van der Waals surface area (Å²) in [7, 11) is 0. The molecular weight excluding hydrogens is 343 g/mol. The molecule has 2 rings (SSSR count). The molecule has 0 radical (unpaired) electrons. The Morgan fingerprint density at radius 2 is 1.81 bits per heavy atom. The summed E-state index contributed by atoms with van der Waals surface area (Å²) in [6, 6.07) is 11.1. The standard InChI is InChI=1S/C17H15FN4O4/c1-11(16(23)20-15-5-3-2-4-14(15)18)17(24)21-19-10-12-6-8-13(9-7-12)22(25)26/h2-11H,1H3,(H,20,23)(H,21,24). The third-order valence-electron chi connectivity index (χ3n) is 3.41. The Hall–Kier alpha value is -3.62. The van der Waals surface area contributed by atoms with Crippen LogP contribution < -0.4 is 10.7 Å². The van der Waals surface area contributed by atoms with Gasteiger partial charge in [0.15, 0.2) is 0 Å². The molecule has 0 fully saturated rings. The summed E-state index contributed by atoms with van der Waals surface area (Å²) in [5, 5.41) is 16.6. The molecule has 2 amide bonds. The van der Waals surface area contributed by atoms with E-state index in [2.05, 4.69) is 15.8 Å². The summed E-state index contributed by atoms with van der Waals surface area (Å²) in [6.45, 7) is 1.35. The van der Waals surface area contributed by atoms with Crippen molar-refractivity contribution in [2.75, 3.05) is 5.32 Å². The van der Waals surface area contributed by atoms with Crippen LogP contribution in [0.25, 0.3) is 0 Å². The predicted molar refractivity (Wildman–Crippen MR) is 93.0 cm³/mol. The maximum Gasteiger partial charge on any atom is 0.269 e. The highest BCUT2D eigenvalue weighted by molar-refractivity contribution is 6.06. The predicted octanol–water partition coefficient (Wildman–Crippen LogP) is 2.46. The fraction of sp³-hybridized carbons (Fsp3) is 0.118. The molecule has 0 bridgehead atoms. The molecule has 1 atom stereocenters. The lowest BCUT2D eigenvalue weighted by atomic mass is 10.1. The zero-order valence-electron chi connectivity index (χ0n) is 13.7. The number of nitro benzene ring substituents is 1. The average Bonchev–Trinajstić information content (AvgIpc) is 2.63. The maximum atomic E-state index is 13.5. The number of halogens is 1. The van der Waals surface area contributed by atoms with Crippen molar-refractivity contribution in [2.24, 2.45) is 11.0 Å². The zero-order valence-corrected chi connectivity index (χ0v) is 13.7. The van der Waals surface area contributed by atoms with Crippen molar-refractivity contribution in [1.29, 1.82) is 0 Å². The lowest BCUT2D eigenvalue weighted by Gasteiger charge is -2.11. The van der Waals surface area contributed by atoms with Gasteiger partial charge in [0.25, 0.3) is 11.6 Å². The number of non-ortho nitro benzene ring substituents is 1. The van der Waals surface area contributed by atoms with E-state index in [1.807, 2.05) is 0 Å². The van der Waals surface area contributed by atoms with E-state index in [-0.39, 0.29) is 11.4 Å². The van der Waals surface area contributed by atoms with Gasteiger partial charge in [0.1, 0.15) is 11.7 Å². The van der Waals surface area contributed by atoms with E-state index in [9.17, 15) is 24.1 Å². The minimum absolute atomic E-state index is 0.0217. The number of carbonyl (C=O) groups is 2. The number of amides is 2. The van der Waals surface area contributed by atoms with E-state index in [1.54, 1.807) is 6.07 Å². The molecule has 26 heavy (non-hydrogen) atoms. The van der Waals surface area contributed by atoms with Gasteiger partial charge in [-0.15, -0.1) is 0 Å². The molecule has 2 N–H and O–H groups in total. The van der Waals surface area contributed by atoms with Crippen LogP contribution in [0.1, 0.15) is 12.5 Å². The summed E-state index contributed by atoms with van der Waals surface area (Å²) in [5.41, 5.74) is 2.63. The second kappa shape index (κ2) is 8.47. The number of nitrogens with zero attached hydrogens (tertiary/aromatic N) is 2. The van der Waals surface area contributed by atoms with Crippen LogP contribution in [0.15, 0.2) is 53.6 Å². The molecule has 134 valence electrons. The third kappa shape index (κ3) is 4.94. The van der Waals surface area contributed by atoms with E-state index in [1.165, 1.54) is 55.6 Å². The first-order valence-corrected chi connectivity index (χ1v) is 7.51. The number of hydrogen-bond donors (Lipinski definition) is 2. The third-order valence-corrected chi connectivity index (χ3v) is 3.41. The molecule has 0 saturated carbocycles. The second-order valence-electron chi connectivity index (χ2n) is 5.27. The van der Waals surface area contributed by atoms with Crippen molar-refractivity contribution in [3.63, 3.8) is 0 Å². The number of nitro groups is 1. The number of benzene rings is 2. The smallest absolute Gasteiger partial charge is 0.269 e. The van der Waals surface area contributed by atoms with Crippen LogP contribution in [0.5, 0.6) is 0 Å². The molecule has 1 unspecified atom stereocenters. The van der Waals surface area contributed by atoms with Crippen molar-refractivity contribution in [1.82, 2.24) is 5.43 Å². The number of carbonyl (C=O) groups excluding carboxylic acids is 2. The van der Waals surface area contributed by atoms with Gasteiger partial charge in [-0.3, -0.25) is 19.7 Å². The van der Waals surface area contributed by atoms with Crippen LogP contribution in [-0.4, -0.2) is 23.0 Å². The summed E-state index contributed by atoms with van der Waals surface area (Å²) < 4.78 is 13.5. The van der Waals surface area contributed by atoms with Crippen molar-refractivity contribution >= 4 is 29.4 Å².